The highest BCUT2D eigenvalue weighted by Gasteiger charge is 2.28. The number of nitrogens with one attached hydrogen (secondary N) is 3. The van der Waals surface area contributed by atoms with E-state index >= 15 is 0 Å². The Bertz CT molecular complexity index is 2330. The van der Waals surface area contributed by atoms with Crippen molar-refractivity contribution in [3.05, 3.63) is 82.7 Å². The number of anilines is 5. The van der Waals surface area contributed by atoms with Gasteiger partial charge in [-0.25, -0.2) is 4.98 Å². The number of amides is 2. The van der Waals surface area contributed by atoms with E-state index in [4.69, 9.17) is 14.5 Å². The van der Waals surface area contributed by atoms with Crippen LogP contribution in [0.5, 0.6) is 11.5 Å². The average Bonchev–Trinajstić information content (AvgIpc) is 3.19. The van der Waals surface area contributed by atoms with Crippen molar-refractivity contribution in [1.29, 1.82) is 0 Å². The molecule has 4 heterocycles. The molecule has 2 saturated heterocycles. The molecule has 2 fully saturated rings. The van der Waals surface area contributed by atoms with Crippen LogP contribution in [0, 0.1) is 6.92 Å². The quantitative estimate of drug-likeness (QED) is 0.0845. The smallest absolute Gasteiger partial charge is 0.234 e. The Labute approximate surface area is 340 Å². The fourth-order valence-corrected chi connectivity index (χ4v) is 9.24. The summed E-state index contributed by atoms with van der Waals surface area (Å²) < 4.78 is 26.0. The Morgan fingerprint density at radius 1 is 0.982 bits per heavy atom. The van der Waals surface area contributed by atoms with Gasteiger partial charge in [0.05, 0.1) is 39.7 Å². The highest BCUT2D eigenvalue weighted by molar-refractivity contribution is 9.10. The molecule has 1 unspecified atom stereocenters. The third-order valence-electron chi connectivity index (χ3n) is 10.6. The van der Waals surface area contributed by atoms with Crippen LogP contribution < -0.4 is 35.6 Å². The van der Waals surface area contributed by atoms with E-state index in [1.54, 1.807) is 39.0 Å². The van der Waals surface area contributed by atoms with Crippen LogP contribution in [0.3, 0.4) is 0 Å². The fraction of sp³-hybridized carbons (Fsp3) is 0.366. The zero-order valence-electron chi connectivity index (χ0n) is 32.7. The van der Waals surface area contributed by atoms with Crippen molar-refractivity contribution in [2.75, 3.05) is 69.3 Å². The topological polar surface area (TPSA) is 164 Å². The number of ether oxygens (including phenoxy) is 2. The van der Waals surface area contributed by atoms with Crippen molar-refractivity contribution >= 4 is 80.1 Å². The molecule has 0 saturated carbocycles. The number of halogens is 1. The number of nitrogens with zero attached hydrogens (tertiary/aromatic N) is 6. The summed E-state index contributed by atoms with van der Waals surface area (Å²) in [7, 11) is 1.04. The SMILES string of the molecule is COc1cc(N2CCC(N(C)CCOc3ccc(C4CCC(=O)NC4=O)cc3)CC2)c(C)cc1Nc1ncc(Br)c(Nc2ccc3nccnc3c2P(C)(C)=O)n1. The molecule has 16 heteroatoms. The van der Waals surface area contributed by atoms with E-state index in [2.05, 4.69) is 82.7 Å². The molecular weight excluding hydrogens is 809 g/mol. The number of rotatable bonds is 13. The van der Waals surface area contributed by atoms with E-state index in [9.17, 15) is 14.2 Å². The lowest BCUT2D eigenvalue weighted by atomic mass is 9.90. The van der Waals surface area contributed by atoms with Gasteiger partial charge in [0, 0.05) is 62.4 Å². The Morgan fingerprint density at radius 2 is 1.74 bits per heavy atom. The lowest BCUT2D eigenvalue weighted by Crippen LogP contribution is -2.44. The number of carbonyl (C=O) groups is 2. The van der Waals surface area contributed by atoms with E-state index < -0.39 is 7.14 Å². The zero-order chi connectivity index (χ0) is 40.3. The van der Waals surface area contributed by atoms with Gasteiger partial charge in [-0.3, -0.25) is 29.8 Å². The number of hydrogen-bond donors (Lipinski definition) is 3. The lowest BCUT2D eigenvalue weighted by molar-refractivity contribution is -0.134. The number of hydrogen-bond acceptors (Lipinski definition) is 13. The van der Waals surface area contributed by atoms with Gasteiger partial charge in [0.2, 0.25) is 17.8 Å². The van der Waals surface area contributed by atoms with Crippen molar-refractivity contribution < 1.29 is 23.6 Å². The van der Waals surface area contributed by atoms with Crippen LogP contribution in [-0.4, -0.2) is 96.4 Å². The molecule has 2 amide bonds. The van der Waals surface area contributed by atoms with Crippen LogP contribution >= 0.6 is 23.1 Å². The van der Waals surface area contributed by atoms with Crippen molar-refractivity contribution in [2.24, 2.45) is 0 Å². The number of aryl methyl sites for hydroxylation is 1. The Hall–Kier alpha value is -5.11. The first kappa shape index (κ1) is 40.1. The number of likely N-dealkylation sites (N-methyl/N-ethyl adjacent to an activating group) is 1. The third-order valence-corrected chi connectivity index (χ3v) is 12.7. The molecule has 57 heavy (non-hydrogen) atoms. The predicted molar refractivity (Wildman–Crippen MR) is 228 cm³/mol. The maximum Gasteiger partial charge on any atom is 0.234 e. The van der Waals surface area contributed by atoms with Gasteiger partial charge in [-0.2, -0.15) is 4.98 Å². The number of fused-ring (bicyclic) bond motifs is 1. The molecule has 298 valence electrons. The summed E-state index contributed by atoms with van der Waals surface area (Å²) in [6.07, 6.45) is 7.81. The zero-order valence-corrected chi connectivity index (χ0v) is 35.2. The Balaban J connectivity index is 0.953. The largest absolute Gasteiger partial charge is 0.494 e. The summed E-state index contributed by atoms with van der Waals surface area (Å²) >= 11 is 3.57. The van der Waals surface area contributed by atoms with Crippen LogP contribution in [0.1, 0.15) is 42.7 Å². The van der Waals surface area contributed by atoms with Gasteiger partial charge in [0.1, 0.15) is 36.6 Å². The number of imide groups is 1. The number of methoxy groups -OCH3 is 1. The first-order valence-electron chi connectivity index (χ1n) is 18.9. The van der Waals surface area contributed by atoms with Crippen LogP contribution in [-0.2, 0) is 14.2 Å². The number of carbonyl (C=O) groups excluding carboxylic acids is 2. The summed E-state index contributed by atoms with van der Waals surface area (Å²) in [6, 6.07) is 15.9. The van der Waals surface area contributed by atoms with Gasteiger partial charge in [0.25, 0.3) is 0 Å². The summed E-state index contributed by atoms with van der Waals surface area (Å²) in [4.78, 5) is 46.7. The molecule has 2 aliphatic heterocycles. The summed E-state index contributed by atoms with van der Waals surface area (Å²) in [6.45, 7) is 8.69. The highest BCUT2D eigenvalue weighted by atomic mass is 79.9. The standard InChI is InChI=1S/C41H47BrN9O5P/c1-25-22-33(47-41-45-24-30(42)39(49-41)46-32-12-11-31-37(44-17-16-43-31)38(32)57(4,5)54)35(55-3)23-34(25)51-18-14-27(15-19-51)50(2)20-21-56-28-8-6-26(7-9-28)29-10-13-36(52)48-40(29)53/h6-9,11-12,16-17,22-24,27,29H,10,13-15,18-21H2,1-5H3,(H,48,52,53)(H2,45,46,47,49). The molecule has 1 atom stereocenters. The van der Waals surface area contributed by atoms with E-state index in [1.165, 1.54) is 0 Å². The van der Waals surface area contributed by atoms with Gasteiger partial charge in [0.15, 0.2) is 0 Å². The van der Waals surface area contributed by atoms with Gasteiger partial charge in [-0.15, -0.1) is 0 Å². The minimum atomic E-state index is -2.77. The molecule has 14 nitrogen and oxygen atoms in total. The Morgan fingerprint density at radius 3 is 2.46 bits per heavy atom. The average molecular weight is 857 g/mol. The summed E-state index contributed by atoms with van der Waals surface area (Å²) in [5, 5.41) is 9.74. The second-order valence-corrected chi connectivity index (χ2v) is 18.8. The molecule has 0 radical (unpaired) electrons. The van der Waals surface area contributed by atoms with Crippen molar-refractivity contribution in [3.63, 3.8) is 0 Å². The minimum Gasteiger partial charge on any atom is -0.494 e. The molecule has 0 bridgehead atoms. The van der Waals surface area contributed by atoms with Gasteiger partial charge in [-0.1, -0.05) is 12.1 Å². The van der Waals surface area contributed by atoms with Crippen LogP contribution in [0.15, 0.2) is 71.6 Å². The van der Waals surface area contributed by atoms with E-state index in [0.717, 1.165) is 60.7 Å². The molecular formula is C41H47BrN9O5P. The molecule has 2 aliphatic rings. The second kappa shape index (κ2) is 17.2. The lowest BCUT2D eigenvalue weighted by Gasteiger charge is -2.38. The molecule has 0 spiro atoms. The molecule has 3 aromatic carbocycles. The molecule has 5 aromatic rings. The van der Waals surface area contributed by atoms with Crippen molar-refractivity contribution in [2.45, 2.75) is 44.6 Å². The molecule has 2 aromatic heterocycles. The highest BCUT2D eigenvalue weighted by Crippen LogP contribution is 2.42. The van der Waals surface area contributed by atoms with Crippen molar-refractivity contribution in [3.8, 4) is 11.5 Å². The van der Waals surface area contributed by atoms with E-state index in [1.807, 2.05) is 36.4 Å². The van der Waals surface area contributed by atoms with E-state index in [-0.39, 0.29) is 17.7 Å². The molecule has 0 aliphatic carbocycles. The van der Waals surface area contributed by atoms with Crippen LogP contribution in [0.4, 0.5) is 28.8 Å². The first-order chi connectivity index (χ1) is 27.4. The fourth-order valence-electron chi connectivity index (χ4n) is 7.56. The van der Waals surface area contributed by atoms with Crippen LogP contribution in [0.2, 0.25) is 0 Å². The molecule has 3 N–H and O–H groups in total. The number of aromatic nitrogens is 4. The minimum absolute atomic E-state index is 0.209. The Kier molecular flexibility index (Phi) is 12.1. The van der Waals surface area contributed by atoms with Gasteiger partial charge < -0.3 is 29.6 Å². The normalized spacial score (nSPS) is 16.5. The number of piperidine rings is 2. The maximum absolute atomic E-state index is 13.5. The number of benzene rings is 3. The van der Waals surface area contributed by atoms with Gasteiger partial charge >= 0.3 is 0 Å². The summed E-state index contributed by atoms with van der Waals surface area (Å²) in [5.74, 6) is 1.55. The predicted octanol–water partition coefficient (Wildman–Crippen LogP) is 6.73. The maximum atomic E-state index is 13.5. The van der Waals surface area contributed by atoms with Crippen LogP contribution in [0.25, 0.3) is 11.0 Å². The van der Waals surface area contributed by atoms with E-state index in [0.29, 0.717) is 69.5 Å². The monoisotopic (exact) mass is 855 g/mol. The molecule has 7 rings (SSSR count). The third kappa shape index (κ3) is 9.22. The first-order valence-corrected chi connectivity index (χ1v) is 22.3. The summed E-state index contributed by atoms with van der Waals surface area (Å²) in [5.41, 5.74) is 5.75. The second-order valence-electron chi connectivity index (χ2n) is 14.8. The van der Waals surface area contributed by atoms with Crippen molar-refractivity contribution in [1.82, 2.24) is 30.2 Å². The van der Waals surface area contributed by atoms with Gasteiger partial charge in [-0.05, 0) is 104 Å².